The van der Waals surface area contributed by atoms with Gasteiger partial charge >= 0.3 is 0 Å². The zero-order valence-corrected chi connectivity index (χ0v) is 12.4. The Morgan fingerprint density at radius 2 is 2.00 bits per heavy atom. The van der Waals surface area contributed by atoms with Crippen LogP contribution >= 0.6 is 0 Å². The Morgan fingerprint density at radius 3 is 2.53 bits per heavy atom. The molecule has 19 heavy (non-hydrogen) atoms. The van der Waals surface area contributed by atoms with E-state index in [4.69, 9.17) is 4.52 Å². The van der Waals surface area contributed by atoms with Crippen LogP contribution in [0.3, 0.4) is 0 Å². The van der Waals surface area contributed by atoms with Crippen LogP contribution in [0.15, 0.2) is 4.52 Å². The second-order valence-corrected chi connectivity index (χ2v) is 7.20. The van der Waals surface area contributed by atoms with Crippen LogP contribution in [0.1, 0.15) is 30.5 Å². The number of piperidine rings is 1. The molecule has 1 aliphatic rings. The average Bonchev–Trinajstić information content (AvgIpc) is 2.75. The van der Waals surface area contributed by atoms with Gasteiger partial charge < -0.3 is 9.42 Å². The normalized spacial score (nSPS) is 19.2. The summed E-state index contributed by atoms with van der Waals surface area (Å²) in [5.74, 6) is 1.49. The Bertz CT molecular complexity index is 518. The number of rotatable bonds is 4. The first-order chi connectivity index (χ1) is 8.86. The first-order valence-corrected chi connectivity index (χ1v) is 8.13. The first kappa shape index (κ1) is 14.4. The lowest BCUT2D eigenvalue weighted by Crippen LogP contribution is -2.37. The van der Waals surface area contributed by atoms with Gasteiger partial charge in [-0.3, -0.25) is 0 Å². The molecule has 0 N–H and O–H groups in total. The molecule has 1 fully saturated rings. The first-order valence-electron chi connectivity index (χ1n) is 6.28. The Kier molecular flexibility index (Phi) is 4.22. The molecule has 7 nitrogen and oxygen atoms in total. The molecule has 2 heterocycles. The van der Waals surface area contributed by atoms with E-state index < -0.39 is 10.0 Å². The molecule has 1 aliphatic heterocycles. The van der Waals surface area contributed by atoms with Crippen molar-refractivity contribution in [3.63, 3.8) is 0 Å². The van der Waals surface area contributed by atoms with Crippen molar-refractivity contribution in [3.8, 4) is 0 Å². The smallest absolute Gasteiger partial charge is 0.240 e. The molecule has 108 valence electrons. The fourth-order valence-corrected chi connectivity index (χ4v) is 3.09. The molecule has 2 rings (SSSR count). The Labute approximate surface area is 113 Å². The summed E-state index contributed by atoms with van der Waals surface area (Å²) in [4.78, 5) is 6.34. The largest absolute Gasteiger partial charge is 0.338 e. The minimum atomic E-state index is -3.08. The lowest BCUT2D eigenvalue weighted by Gasteiger charge is -2.28. The van der Waals surface area contributed by atoms with Crippen molar-refractivity contribution in [2.24, 2.45) is 0 Å². The molecule has 0 spiro atoms. The molecule has 1 aromatic rings. The summed E-state index contributed by atoms with van der Waals surface area (Å²) in [5.41, 5.74) is 0. The molecule has 0 amide bonds. The molecule has 0 radical (unpaired) electrons. The van der Waals surface area contributed by atoms with Gasteiger partial charge in [-0.15, -0.1) is 0 Å². The van der Waals surface area contributed by atoms with Gasteiger partial charge in [0.1, 0.15) is 0 Å². The van der Waals surface area contributed by atoms with Crippen LogP contribution in [-0.4, -0.2) is 61.2 Å². The van der Waals surface area contributed by atoms with Crippen LogP contribution in [0.5, 0.6) is 0 Å². The van der Waals surface area contributed by atoms with Crippen LogP contribution in [0.4, 0.5) is 0 Å². The number of hydrogen-bond donors (Lipinski definition) is 0. The second kappa shape index (κ2) is 5.56. The monoisotopic (exact) mass is 288 g/mol. The third-order valence-corrected chi connectivity index (χ3v) is 4.53. The maximum atomic E-state index is 11.4. The third kappa shape index (κ3) is 3.74. The summed E-state index contributed by atoms with van der Waals surface area (Å²) in [5, 5.41) is 4.00. The van der Waals surface area contributed by atoms with Gasteiger partial charge in [-0.1, -0.05) is 5.16 Å². The molecular formula is C11H20N4O3S. The van der Waals surface area contributed by atoms with Gasteiger partial charge in [0.15, 0.2) is 5.82 Å². The Balaban J connectivity index is 1.96. The lowest BCUT2D eigenvalue weighted by atomic mass is 9.98. The minimum Gasteiger partial charge on any atom is -0.338 e. The van der Waals surface area contributed by atoms with E-state index in [0.29, 0.717) is 31.3 Å². The third-order valence-electron chi connectivity index (χ3n) is 3.22. The van der Waals surface area contributed by atoms with Gasteiger partial charge in [-0.25, -0.2) is 12.7 Å². The van der Waals surface area contributed by atoms with Crippen molar-refractivity contribution in [3.05, 3.63) is 11.7 Å². The number of hydrogen-bond acceptors (Lipinski definition) is 6. The van der Waals surface area contributed by atoms with Crippen molar-refractivity contribution in [1.82, 2.24) is 19.3 Å². The summed E-state index contributed by atoms with van der Waals surface area (Å²) < 4.78 is 29.5. The quantitative estimate of drug-likeness (QED) is 0.791. The van der Waals surface area contributed by atoms with Gasteiger partial charge in [0, 0.05) is 19.0 Å². The highest BCUT2D eigenvalue weighted by Gasteiger charge is 2.28. The van der Waals surface area contributed by atoms with E-state index in [2.05, 4.69) is 10.1 Å². The molecular weight excluding hydrogens is 268 g/mol. The molecule has 1 aromatic heterocycles. The maximum Gasteiger partial charge on any atom is 0.240 e. The van der Waals surface area contributed by atoms with E-state index in [1.54, 1.807) is 0 Å². The summed E-state index contributed by atoms with van der Waals surface area (Å²) in [6, 6.07) is 0. The molecule has 0 bridgehead atoms. The molecule has 0 unspecified atom stereocenters. The van der Waals surface area contributed by atoms with E-state index in [1.165, 1.54) is 10.6 Å². The zero-order valence-electron chi connectivity index (χ0n) is 11.5. The van der Waals surface area contributed by atoms with Gasteiger partial charge in [0.05, 0.1) is 12.8 Å². The second-order valence-electron chi connectivity index (χ2n) is 5.22. The molecule has 0 saturated carbocycles. The molecule has 0 aliphatic carbocycles. The van der Waals surface area contributed by atoms with Crippen LogP contribution < -0.4 is 0 Å². The van der Waals surface area contributed by atoms with Gasteiger partial charge in [0.2, 0.25) is 15.9 Å². The van der Waals surface area contributed by atoms with Crippen molar-refractivity contribution < 1.29 is 12.9 Å². The highest BCUT2D eigenvalue weighted by molar-refractivity contribution is 7.88. The standard InChI is InChI=1S/C11H20N4O3S/c1-14(2)8-10-12-11(13-18-10)9-4-6-15(7-5-9)19(3,16)17/h9H,4-8H2,1-3H3. The lowest BCUT2D eigenvalue weighted by molar-refractivity contribution is 0.292. The number of sulfonamides is 1. The summed E-state index contributed by atoms with van der Waals surface area (Å²) >= 11 is 0. The van der Waals surface area contributed by atoms with Gasteiger partial charge in [0.25, 0.3) is 0 Å². The van der Waals surface area contributed by atoms with E-state index in [9.17, 15) is 8.42 Å². The number of nitrogens with zero attached hydrogens (tertiary/aromatic N) is 4. The highest BCUT2D eigenvalue weighted by atomic mass is 32.2. The molecule has 0 atom stereocenters. The summed E-state index contributed by atoms with van der Waals surface area (Å²) in [7, 11) is 0.798. The SMILES string of the molecule is CN(C)Cc1nc(C2CCN(S(C)(=O)=O)CC2)no1. The fraction of sp³-hybridized carbons (Fsp3) is 0.818. The van der Waals surface area contributed by atoms with E-state index in [0.717, 1.165) is 12.8 Å². The Hall–Kier alpha value is -0.990. The maximum absolute atomic E-state index is 11.4. The zero-order chi connectivity index (χ0) is 14.0. The van der Waals surface area contributed by atoms with Gasteiger partial charge in [-0.2, -0.15) is 4.98 Å². The van der Waals surface area contributed by atoms with E-state index in [1.807, 2.05) is 19.0 Å². The Morgan fingerprint density at radius 1 is 1.37 bits per heavy atom. The average molecular weight is 288 g/mol. The highest BCUT2D eigenvalue weighted by Crippen LogP contribution is 2.26. The summed E-state index contributed by atoms with van der Waals surface area (Å²) in [6.45, 7) is 1.68. The van der Waals surface area contributed by atoms with Crippen molar-refractivity contribution >= 4 is 10.0 Å². The van der Waals surface area contributed by atoms with Crippen molar-refractivity contribution in [2.45, 2.75) is 25.3 Å². The van der Waals surface area contributed by atoms with Gasteiger partial charge in [-0.05, 0) is 26.9 Å². The van der Waals surface area contributed by atoms with E-state index in [-0.39, 0.29) is 5.92 Å². The predicted molar refractivity (Wildman–Crippen MR) is 70.1 cm³/mol. The van der Waals surface area contributed by atoms with Crippen LogP contribution in [0.25, 0.3) is 0 Å². The topological polar surface area (TPSA) is 79.5 Å². The molecule has 1 saturated heterocycles. The van der Waals surface area contributed by atoms with Crippen molar-refractivity contribution in [1.29, 1.82) is 0 Å². The van der Waals surface area contributed by atoms with E-state index >= 15 is 0 Å². The van der Waals surface area contributed by atoms with Crippen molar-refractivity contribution in [2.75, 3.05) is 33.4 Å². The minimum absolute atomic E-state index is 0.192. The predicted octanol–water partition coefficient (Wildman–Crippen LogP) is 0.270. The molecule has 8 heteroatoms. The summed E-state index contributed by atoms with van der Waals surface area (Å²) in [6.07, 6.45) is 2.74. The molecule has 0 aromatic carbocycles. The van der Waals surface area contributed by atoms with Crippen LogP contribution in [-0.2, 0) is 16.6 Å². The van der Waals surface area contributed by atoms with Crippen LogP contribution in [0, 0.1) is 0 Å². The fourth-order valence-electron chi connectivity index (χ4n) is 2.21. The number of aromatic nitrogens is 2. The van der Waals surface area contributed by atoms with Crippen LogP contribution in [0.2, 0.25) is 0 Å².